The van der Waals surface area contributed by atoms with E-state index in [9.17, 15) is 4.79 Å². The summed E-state index contributed by atoms with van der Waals surface area (Å²) < 4.78 is 13.2. The monoisotopic (exact) mass is 415 g/mol. The fraction of sp³-hybridized carbons (Fsp3) is 0.200. The van der Waals surface area contributed by atoms with Gasteiger partial charge in [-0.05, 0) is 42.3 Å². The van der Waals surface area contributed by atoms with Crippen LogP contribution in [0.5, 0.6) is 11.5 Å². The van der Waals surface area contributed by atoms with Gasteiger partial charge in [-0.1, -0.05) is 43.3 Å². The van der Waals surface area contributed by atoms with Gasteiger partial charge >= 0.3 is 0 Å². The molecule has 0 atom stereocenters. The van der Waals surface area contributed by atoms with Gasteiger partial charge in [0.25, 0.3) is 5.91 Å². The number of carbonyl (C=O) groups excluding carboxylic acids is 1. The second-order valence-corrected chi connectivity index (χ2v) is 7.17. The molecule has 0 saturated heterocycles. The summed E-state index contributed by atoms with van der Waals surface area (Å²) in [5.74, 6) is 1.92. The van der Waals surface area contributed by atoms with Gasteiger partial charge in [0.1, 0.15) is 18.2 Å². The number of hydrogen-bond donors (Lipinski definition) is 0. The van der Waals surface area contributed by atoms with Crippen LogP contribution in [0, 0.1) is 0 Å². The molecule has 2 heterocycles. The van der Waals surface area contributed by atoms with Gasteiger partial charge in [0.2, 0.25) is 0 Å². The Kier molecular flexibility index (Phi) is 5.89. The number of amides is 1. The SMILES string of the molecule is CCc1nc2c(OCc3ccccc3)cccn2c1N(C)C(=O)c1cccc(OC)c1. The minimum Gasteiger partial charge on any atom is -0.497 e. The quantitative estimate of drug-likeness (QED) is 0.437. The zero-order chi connectivity index (χ0) is 21.8. The maximum atomic E-state index is 13.2. The first-order chi connectivity index (χ1) is 15.1. The Morgan fingerprint density at radius 2 is 1.87 bits per heavy atom. The molecule has 6 heteroatoms. The molecule has 4 aromatic rings. The molecule has 0 saturated carbocycles. The van der Waals surface area contributed by atoms with Crippen molar-refractivity contribution in [3.05, 3.63) is 89.7 Å². The molecule has 158 valence electrons. The number of hydrogen-bond acceptors (Lipinski definition) is 4. The number of aryl methyl sites for hydroxylation is 1. The van der Waals surface area contributed by atoms with Gasteiger partial charge in [0.15, 0.2) is 11.4 Å². The van der Waals surface area contributed by atoms with Crippen LogP contribution in [0.15, 0.2) is 72.9 Å². The zero-order valence-electron chi connectivity index (χ0n) is 17.9. The van der Waals surface area contributed by atoms with Crippen LogP contribution >= 0.6 is 0 Å². The standard InChI is InChI=1S/C25H25N3O3/c1-4-21-24(27(2)25(29)19-12-8-13-20(16-19)30-3)28-15-9-14-22(23(28)26-21)31-17-18-10-6-5-7-11-18/h5-16H,4,17H2,1-3H3. The topological polar surface area (TPSA) is 56.1 Å². The highest BCUT2D eigenvalue weighted by molar-refractivity contribution is 6.06. The van der Waals surface area contributed by atoms with Crippen LogP contribution in [-0.2, 0) is 13.0 Å². The predicted octanol–water partition coefficient (Wildman–Crippen LogP) is 4.76. The average molecular weight is 415 g/mol. The molecule has 6 nitrogen and oxygen atoms in total. The first kappa shape index (κ1) is 20.5. The van der Waals surface area contributed by atoms with Crippen molar-refractivity contribution >= 4 is 17.4 Å². The second-order valence-electron chi connectivity index (χ2n) is 7.17. The fourth-order valence-electron chi connectivity index (χ4n) is 3.56. The molecule has 2 aromatic heterocycles. The summed E-state index contributed by atoms with van der Waals surface area (Å²) in [7, 11) is 3.35. The smallest absolute Gasteiger partial charge is 0.259 e. The highest BCUT2D eigenvalue weighted by Gasteiger charge is 2.23. The molecule has 0 fully saturated rings. The van der Waals surface area contributed by atoms with Crippen molar-refractivity contribution in [1.29, 1.82) is 0 Å². The van der Waals surface area contributed by atoms with Crippen LogP contribution in [0.2, 0.25) is 0 Å². The van der Waals surface area contributed by atoms with Crippen LogP contribution in [0.4, 0.5) is 5.82 Å². The first-order valence-electron chi connectivity index (χ1n) is 10.2. The molecule has 2 aromatic carbocycles. The summed E-state index contributed by atoms with van der Waals surface area (Å²) in [5, 5.41) is 0. The first-order valence-corrected chi connectivity index (χ1v) is 10.2. The number of rotatable bonds is 7. The van der Waals surface area contributed by atoms with E-state index in [0.29, 0.717) is 35.7 Å². The number of methoxy groups -OCH3 is 1. The number of ether oxygens (including phenoxy) is 2. The Balaban J connectivity index is 1.69. The number of carbonyl (C=O) groups is 1. The molecule has 0 aliphatic heterocycles. The van der Waals surface area contributed by atoms with Crippen molar-refractivity contribution in [3.8, 4) is 11.5 Å². The Hall–Kier alpha value is -3.80. The molecule has 0 aliphatic carbocycles. The van der Waals surface area contributed by atoms with E-state index in [2.05, 4.69) is 0 Å². The predicted molar refractivity (Wildman–Crippen MR) is 121 cm³/mol. The Morgan fingerprint density at radius 1 is 1.06 bits per heavy atom. The maximum absolute atomic E-state index is 13.2. The number of nitrogens with zero attached hydrogens (tertiary/aromatic N) is 3. The van der Waals surface area contributed by atoms with E-state index in [-0.39, 0.29) is 5.91 Å². The van der Waals surface area contributed by atoms with Crippen molar-refractivity contribution in [1.82, 2.24) is 9.38 Å². The van der Waals surface area contributed by atoms with Gasteiger partial charge in [-0.3, -0.25) is 14.1 Å². The third-order valence-corrected chi connectivity index (χ3v) is 5.17. The second kappa shape index (κ2) is 8.92. The number of fused-ring (bicyclic) bond motifs is 1. The van der Waals surface area contributed by atoms with Crippen molar-refractivity contribution in [2.75, 3.05) is 19.1 Å². The lowest BCUT2D eigenvalue weighted by atomic mass is 10.2. The van der Waals surface area contributed by atoms with Crippen molar-refractivity contribution in [2.24, 2.45) is 0 Å². The molecule has 0 N–H and O–H groups in total. The normalized spacial score (nSPS) is 10.8. The van der Waals surface area contributed by atoms with Crippen LogP contribution < -0.4 is 14.4 Å². The molecule has 31 heavy (non-hydrogen) atoms. The lowest BCUT2D eigenvalue weighted by Crippen LogP contribution is -2.28. The molecule has 0 aliphatic rings. The van der Waals surface area contributed by atoms with Crippen LogP contribution in [0.3, 0.4) is 0 Å². The Labute approximate surface area is 181 Å². The van der Waals surface area contributed by atoms with Gasteiger partial charge in [0.05, 0.1) is 12.8 Å². The lowest BCUT2D eigenvalue weighted by Gasteiger charge is -2.19. The molecule has 0 bridgehead atoms. The van der Waals surface area contributed by atoms with Gasteiger partial charge in [0, 0.05) is 18.8 Å². The summed E-state index contributed by atoms with van der Waals surface area (Å²) in [6, 6.07) is 21.0. The molecular weight excluding hydrogens is 390 g/mol. The lowest BCUT2D eigenvalue weighted by molar-refractivity contribution is 0.0991. The van der Waals surface area contributed by atoms with Crippen LogP contribution in [0.25, 0.3) is 5.65 Å². The molecule has 1 amide bonds. The van der Waals surface area contributed by atoms with E-state index in [1.165, 1.54) is 0 Å². The molecule has 4 rings (SSSR count). The third-order valence-electron chi connectivity index (χ3n) is 5.17. The molecule has 0 radical (unpaired) electrons. The third kappa shape index (κ3) is 4.10. The highest BCUT2D eigenvalue weighted by atomic mass is 16.5. The van der Waals surface area contributed by atoms with E-state index in [1.54, 1.807) is 31.2 Å². The molecular formula is C25H25N3O3. The number of anilines is 1. The minimum absolute atomic E-state index is 0.133. The van der Waals surface area contributed by atoms with E-state index >= 15 is 0 Å². The summed E-state index contributed by atoms with van der Waals surface area (Å²) in [4.78, 5) is 19.6. The molecule has 0 unspecified atom stereocenters. The van der Waals surface area contributed by atoms with Crippen molar-refractivity contribution in [3.63, 3.8) is 0 Å². The summed E-state index contributed by atoms with van der Waals surface area (Å²) >= 11 is 0. The molecule has 0 spiro atoms. The van der Waals surface area contributed by atoms with Crippen LogP contribution in [-0.4, -0.2) is 29.4 Å². The van der Waals surface area contributed by atoms with E-state index in [4.69, 9.17) is 14.5 Å². The van der Waals surface area contributed by atoms with Gasteiger partial charge < -0.3 is 9.47 Å². The van der Waals surface area contributed by atoms with Gasteiger partial charge in [-0.2, -0.15) is 0 Å². The van der Waals surface area contributed by atoms with E-state index < -0.39 is 0 Å². The number of imidazole rings is 1. The van der Waals surface area contributed by atoms with E-state index in [0.717, 1.165) is 17.1 Å². The van der Waals surface area contributed by atoms with Crippen molar-refractivity contribution in [2.45, 2.75) is 20.0 Å². The Bertz CT molecular complexity index is 1200. The van der Waals surface area contributed by atoms with Gasteiger partial charge in [-0.15, -0.1) is 0 Å². The highest BCUT2D eigenvalue weighted by Crippen LogP contribution is 2.29. The van der Waals surface area contributed by atoms with E-state index in [1.807, 2.05) is 72.1 Å². The minimum atomic E-state index is -0.133. The average Bonchev–Trinajstić information content (AvgIpc) is 3.21. The fourth-order valence-corrected chi connectivity index (χ4v) is 3.56. The van der Waals surface area contributed by atoms with Gasteiger partial charge in [-0.25, -0.2) is 4.98 Å². The Morgan fingerprint density at radius 3 is 2.61 bits per heavy atom. The summed E-state index contributed by atoms with van der Waals surface area (Å²) in [6.07, 6.45) is 2.59. The maximum Gasteiger partial charge on any atom is 0.259 e. The number of pyridine rings is 1. The summed E-state index contributed by atoms with van der Waals surface area (Å²) in [5.41, 5.74) is 3.15. The summed E-state index contributed by atoms with van der Waals surface area (Å²) in [6.45, 7) is 2.47. The van der Waals surface area contributed by atoms with Crippen molar-refractivity contribution < 1.29 is 14.3 Å². The number of aromatic nitrogens is 2. The van der Waals surface area contributed by atoms with Crippen LogP contribution in [0.1, 0.15) is 28.5 Å². The number of benzene rings is 2. The zero-order valence-corrected chi connectivity index (χ0v) is 17.9. The largest absolute Gasteiger partial charge is 0.497 e.